The Morgan fingerprint density at radius 1 is 1.00 bits per heavy atom. The van der Waals surface area contributed by atoms with Crippen LogP contribution in [-0.4, -0.2) is 14.8 Å². The largest absolute Gasteiger partial charge is 0.266 e. The summed E-state index contributed by atoms with van der Waals surface area (Å²) in [4.78, 5) is 4.13. The van der Waals surface area contributed by atoms with Gasteiger partial charge < -0.3 is 0 Å². The molecule has 3 heteroatoms. The second kappa shape index (κ2) is 6.99. The van der Waals surface area contributed by atoms with Crippen molar-refractivity contribution in [2.45, 2.75) is 41.5 Å². The van der Waals surface area contributed by atoms with Crippen LogP contribution < -0.4 is 0 Å². The van der Waals surface area contributed by atoms with Gasteiger partial charge in [0, 0.05) is 18.6 Å². The second-order valence-corrected chi connectivity index (χ2v) is 3.06. The molecule has 0 aliphatic heterocycles. The van der Waals surface area contributed by atoms with Gasteiger partial charge in [-0.15, -0.1) is 0 Å². The summed E-state index contributed by atoms with van der Waals surface area (Å²) in [5, 5.41) is 5.56. The molecule has 2 aromatic heterocycles. The van der Waals surface area contributed by atoms with Crippen molar-refractivity contribution in [1.29, 1.82) is 0 Å². The molecule has 2 heterocycles. The third kappa shape index (κ3) is 2.81. The lowest BCUT2D eigenvalue weighted by atomic mass is 10.2. The molecule has 0 saturated carbocycles. The summed E-state index contributed by atoms with van der Waals surface area (Å²) >= 11 is 0. The van der Waals surface area contributed by atoms with Crippen molar-refractivity contribution in [2.75, 3.05) is 0 Å². The van der Waals surface area contributed by atoms with E-state index in [4.69, 9.17) is 0 Å². The number of aromatic nitrogens is 3. The van der Waals surface area contributed by atoms with E-state index >= 15 is 0 Å². The zero-order chi connectivity index (χ0) is 12.7. The first-order chi connectivity index (χ1) is 7.70. The highest BCUT2D eigenvalue weighted by Crippen LogP contribution is 2.19. The minimum atomic E-state index is 1.08. The van der Waals surface area contributed by atoms with Crippen LogP contribution in [0.3, 0.4) is 0 Å². The van der Waals surface area contributed by atoms with E-state index in [0.29, 0.717) is 0 Å². The first-order valence-electron chi connectivity index (χ1n) is 5.94. The van der Waals surface area contributed by atoms with Gasteiger partial charge in [-0.25, -0.2) is 0 Å². The molecule has 3 nitrogen and oxygen atoms in total. The molecular weight excluding hydrogens is 198 g/mol. The minimum Gasteiger partial charge on any atom is -0.266 e. The maximum Gasteiger partial charge on any atom is 0.0867 e. The molecule has 0 amide bonds. The molecule has 0 aromatic carbocycles. The van der Waals surface area contributed by atoms with Crippen LogP contribution in [0.5, 0.6) is 0 Å². The topological polar surface area (TPSA) is 30.7 Å². The van der Waals surface area contributed by atoms with E-state index in [1.807, 2.05) is 58.7 Å². The number of fused-ring (bicyclic) bond motifs is 1. The van der Waals surface area contributed by atoms with Crippen LogP contribution in [0.2, 0.25) is 0 Å². The van der Waals surface area contributed by atoms with Gasteiger partial charge in [0.15, 0.2) is 0 Å². The molecule has 2 rings (SSSR count). The number of pyridine rings is 1. The Balaban J connectivity index is 0.000000509. The molecule has 0 bridgehead atoms. The van der Waals surface area contributed by atoms with E-state index in [2.05, 4.69) is 17.0 Å². The average molecular weight is 221 g/mol. The first-order valence-corrected chi connectivity index (χ1v) is 5.94. The minimum absolute atomic E-state index is 1.08. The van der Waals surface area contributed by atoms with Gasteiger partial charge in [0.05, 0.1) is 17.4 Å². The molecule has 0 spiro atoms. The van der Waals surface area contributed by atoms with Crippen LogP contribution >= 0.6 is 0 Å². The van der Waals surface area contributed by atoms with E-state index in [9.17, 15) is 0 Å². The van der Waals surface area contributed by atoms with Crippen molar-refractivity contribution < 1.29 is 0 Å². The molecule has 90 valence electrons. The summed E-state index contributed by atoms with van der Waals surface area (Å²) in [6, 6.07) is 0. The maximum absolute atomic E-state index is 4.33. The Hall–Kier alpha value is -1.38. The normalized spacial score (nSPS) is 8.94. The summed E-state index contributed by atoms with van der Waals surface area (Å²) < 4.78 is 1.87. The van der Waals surface area contributed by atoms with Gasteiger partial charge in [-0.1, -0.05) is 27.7 Å². The van der Waals surface area contributed by atoms with Gasteiger partial charge in [-0.2, -0.15) is 5.10 Å². The third-order valence-electron chi connectivity index (χ3n) is 2.13. The molecule has 0 saturated heterocycles. The van der Waals surface area contributed by atoms with Gasteiger partial charge in [0.25, 0.3) is 0 Å². The fraction of sp³-hybridized carbons (Fsp3) is 0.538. The lowest BCUT2D eigenvalue weighted by Gasteiger charge is -1.95. The summed E-state index contributed by atoms with van der Waals surface area (Å²) in [5.41, 5.74) is 3.37. The zero-order valence-electron chi connectivity index (χ0n) is 11.5. The van der Waals surface area contributed by atoms with Crippen molar-refractivity contribution in [3.8, 4) is 0 Å². The van der Waals surface area contributed by atoms with E-state index in [0.717, 1.165) is 11.2 Å². The fourth-order valence-electron chi connectivity index (χ4n) is 1.60. The Kier molecular flexibility index (Phi) is 6.38. The Bertz CT molecular complexity index is 430. The van der Waals surface area contributed by atoms with Gasteiger partial charge in [0.1, 0.15) is 0 Å². The number of hydrogen-bond donors (Lipinski definition) is 0. The Morgan fingerprint density at radius 3 is 2.06 bits per heavy atom. The van der Waals surface area contributed by atoms with Crippen molar-refractivity contribution in [1.82, 2.24) is 14.8 Å². The van der Waals surface area contributed by atoms with Crippen molar-refractivity contribution >= 4 is 10.9 Å². The van der Waals surface area contributed by atoms with E-state index in [-0.39, 0.29) is 0 Å². The molecular formula is C13H23N3. The SMILES string of the molecule is CC.CC.Cc1cncc2c1c(C)nn2C. The van der Waals surface area contributed by atoms with Crippen molar-refractivity contribution in [3.63, 3.8) is 0 Å². The molecule has 0 unspecified atom stereocenters. The number of hydrogen-bond acceptors (Lipinski definition) is 2. The quantitative estimate of drug-likeness (QED) is 0.680. The molecule has 0 aliphatic carbocycles. The predicted octanol–water partition coefficient (Wildman–Crippen LogP) is 3.64. The highest BCUT2D eigenvalue weighted by atomic mass is 15.3. The number of rotatable bonds is 0. The highest BCUT2D eigenvalue weighted by molar-refractivity contribution is 5.83. The predicted molar refractivity (Wildman–Crippen MR) is 70.7 cm³/mol. The van der Waals surface area contributed by atoms with Crippen molar-refractivity contribution in [2.24, 2.45) is 7.05 Å². The monoisotopic (exact) mass is 221 g/mol. The molecule has 0 aliphatic rings. The Morgan fingerprint density at radius 2 is 1.56 bits per heavy atom. The highest BCUT2D eigenvalue weighted by Gasteiger charge is 2.05. The summed E-state index contributed by atoms with van der Waals surface area (Å²) in [7, 11) is 1.94. The maximum atomic E-state index is 4.33. The molecule has 2 aromatic rings. The van der Waals surface area contributed by atoms with Gasteiger partial charge >= 0.3 is 0 Å². The fourth-order valence-corrected chi connectivity index (χ4v) is 1.60. The summed E-state index contributed by atoms with van der Waals surface area (Å²) in [6.45, 7) is 12.1. The van der Waals surface area contributed by atoms with Gasteiger partial charge in [-0.3, -0.25) is 9.67 Å². The van der Waals surface area contributed by atoms with Gasteiger partial charge in [0.2, 0.25) is 0 Å². The number of aryl methyl sites for hydroxylation is 3. The lowest BCUT2D eigenvalue weighted by molar-refractivity contribution is 0.782. The van der Waals surface area contributed by atoms with E-state index in [1.54, 1.807) is 0 Å². The van der Waals surface area contributed by atoms with E-state index < -0.39 is 0 Å². The molecule has 0 radical (unpaired) electrons. The molecule has 0 fully saturated rings. The smallest absolute Gasteiger partial charge is 0.0867 e. The molecule has 0 atom stereocenters. The van der Waals surface area contributed by atoms with Crippen LogP contribution in [0.4, 0.5) is 0 Å². The summed E-state index contributed by atoms with van der Waals surface area (Å²) in [6.07, 6.45) is 3.72. The van der Waals surface area contributed by atoms with Gasteiger partial charge in [-0.05, 0) is 19.4 Å². The van der Waals surface area contributed by atoms with Crippen LogP contribution in [0.1, 0.15) is 39.0 Å². The van der Waals surface area contributed by atoms with Crippen LogP contribution in [0.25, 0.3) is 10.9 Å². The summed E-state index contributed by atoms with van der Waals surface area (Å²) in [5.74, 6) is 0. The molecule has 16 heavy (non-hydrogen) atoms. The first kappa shape index (κ1) is 14.6. The number of nitrogens with zero attached hydrogens (tertiary/aromatic N) is 3. The standard InChI is InChI=1S/C9H11N3.2C2H6/c1-6-4-10-5-8-9(6)7(2)11-12(8)3;2*1-2/h4-5H,1-3H3;2*1-2H3. The third-order valence-corrected chi connectivity index (χ3v) is 2.13. The average Bonchev–Trinajstić information content (AvgIpc) is 2.61. The van der Waals surface area contributed by atoms with Crippen LogP contribution in [0, 0.1) is 13.8 Å². The van der Waals surface area contributed by atoms with Crippen molar-refractivity contribution in [3.05, 3.63) is 23.7 Å². The second-order valence-electron chi connectivity index (χ2n) is 3.06. The van der Waals surface area contributed by atoms with E-state index in [1.165, 1.54) is 10.9 Å². The van der Waals surface area contributed by atoms with Crippen LogP contribution in [0.15, 0.2) is 12.4 Å². The zero-order valence-corrected chi connectivity index (χ0v) is 11.5. The molecule has 0 N–H and O–H groups in total. The lowest BCUT2D eigenvalue weighted by Crippen LogP contribution is -1.89. The Labute approximate surface area is 98.5 Å². The van der Waals surface area contributed by atoms with Crippen LogP contribution in [-0.2, 0) is 7.05 Å².